The van der Waals surface area contributed by atoms with Gasteiger partial charge in [-0.05, 0) is 38.7 Å². The van der Waals surface area contributed by atoms with Gasteiger partial charge >= 0.3 is 5.97 Å². The summed E-state index contributed by atoms with van der Waals surface area (Å²) in [5, 5.41) is 6.18. The van der Waals surface area contributed by atoms with E-state index in [-0.39, 0.29) is 18.9 Å². The lowest BCUT2D eigenvalue weighted by atomic mass is 10.1. The fraction of sp³-hybridized carbons (Fsp3) is 0.200. The van der Waals surface area contributed by atoms with E-state index in [2.05, 4.69) is 0 Å². The Labute approximate surface area is 150 Å². The second-order valence-electron chi connectivity index (χ2n) is 5.90. The fourth-order valence-electron chi connectivity index (χ4n) is 2.56. The number of carbonyl (C=O) groups excluding carboxylic acids is 2. The zero-order valence-corrected chi connectivity index (χ0v) is 14.8. The number of carbonyl (C=O) groups is 2. The van der Waals surface area contributed by atoms with Gasteiger partial charge in [0.25, 0.3) is 5.91 Å². The highest BCUT2D eigenvalue weighted by Gasteiger charge is 2.13. The summed E-state index contributed by atoms with van der Waals surface area (Å²) in [6, 6.07) is 15.8. The van der Waals surface area contributed by atoms with Crippen LogP contribution in [0.3, 0.4) is 0 Å². The normalized spacial score (nSPS) is 10.6. The molecule has 0 aliphatic rings. The first-order valence-corrected chi connectivity index (χ1v) is 8.94. The van der Waals surface area contributed by atoms with Crippen LogP contribution in [0.1, 0.15) is 11.1 Å². The highest BCUT2D eigenvalue weighted by Crippen LogP contribution is 2.16. The van der Waals surface area contributed by atoms with Crippen molar-refractivity contribution in [1.29, 1.82) is 0 Å². The number of amides is 1. The van der Waals surface area contributed by atoms with Crippen molar-refractivity contribution in [2.45, 2.75) is 13.0 Å². The summed E-state index contributed by atoms with van der Waals surface area (Å²) in [6.07, 6.45) is 0.159. The topological polar surface area (TPSA) is 46.6 Å². The Balaban J connectivity index is 1.50. The minimum absolute atomic E-state index is 0.159. The van der Waals surface area contributed by atoms with Crippen molar-refractivity contribution < 1.29 is 14.3 Å². The Morgan fingerprint density at radius 3 is 2.60 bits per heavy atom. The summed E-state index contributed by atoms with van der Waals surface area (Å²) >= 11 is 1.59. The number of fused-ring (bicyclic) bond motifs is 1. The molecule has 0 aliphatic heterocycles. The molecule has 3 rings (SSSR count). The lowest BCUT2D eigenvalue weighted by Crippen LogP contribution is -2.30. The summed E-state index contributed by atoms with van der Waals surface area (Å²) in [4.78, 5) is 25.6. The van der Waals surface area contributed by atoms with Crippen LogP contribution >= 0.6 is 11.3 Å². The van der Waals surface area contributed by atoms with E-state index in [1.165, 1.54) is 0 Å². The van der Waals surface area contributed by atoms with E-state index in [9.17, 15) is 9.59 Å². The second kappa shape index (κ2) is 7.94. The predicted molar refractivity (Wildman–Crippen MR) is 99.4 cm³/mol. The van der Waals surface area contributed by atoms with Crippen molar-refractivity contribution in [3.63, 3.8) is 0 Å². The Bertz CT molecular complexity index is 874. The zero-order chi connectivity index (χ0) is 17.6. The van der Waals surface area contributed by atoms with Crippen LogP contribution in [0.4, 0.5) is 0 Å². The molecule has 1 amide bonds. The highest BCUT2D eigenvalue weighted by atomic mass is 32.1. The summed E-state index contributed by atoms with van der Waals surface area (Å²) in [7, 11) is 1.71. The molecule has 0 N–H and O–H groups in total. The van der Waals surface area contributed by atoms with Gasteiger partial charge in [0.2, 0.25) is 0 Å². The van der Waals surface area contributed by atoms with Crippen molar-refractivity contribution in [2.24, 2.45) is 0 Å². The molecule has 1 aromatic heterocycles. The molecular weight excluding hydrogens is 334 g/mol. The molecule has 4 nitrogen and oxygen atoms in total. The maximum absolute atomic E-state index is 12.1. The van der Waals surface area contributed by atoms with Crippen LogP contribution in [-0.4, -0.2) is 30.4 Å². The number of thiophene rings is 1. The van der Waals surface area contributed by atoms with Gasteiger partial charge < -0.3 is 9.64 Å². The van der Waals surface area contributed by atoms with Crippen molar-refractivity contribution in [2.75, 3.05) is 13.7 Å². The molecule has 0 radical (unpaired) electrons. The largest absolute Gasteiger partial charge is 0.455 e. The Morgan fingerprint density at radius 1 is 1.04 bits per heavy atom. The molecule has 0 saturated carbocycles. The molecule has 25 heavy (non-hydrogen) atoms. The highest BCUT2D eigenvalue weighted by molar-refractivity contribution is 7.07. The standard InChI is InChI=1S/C20H19NO3S/c1-21(12-16-8-9-25-14-16)19(22)13-24-20(23)11-15-6-7-17-4-2-3-5-18(17)10-15/h2-10,14H,11-13H2,1H3. The third kappa shape index (κ3) is 4.67. The van der Waals surface area contributed by atoms with Gasteiger partial charge in [-0.1, -0.05) is 42.5 Å². The zero-order valence-electron chi connectivity index (χ0n) is 14.0. The average Bonchev–Trinajstić information content (AvgIpc) is 3.12. The van der Waals surface area contributed by atoms with Crippen LogP contribution < -0.4 is 0 Å². The molecule has 2 aromatic carbocycles. The molecule has 0 saturated heterocycles. The quantitative estimate of drug-likeness (QED) is 0.636. The maximum Gasteiger partial charge on any atom is 0.310 e. The Hall–Kier alpha value is -2.66. The average molecular weight is 353 g/mol. The van der Waals surface area contributed by atoms with Crippen LogP contribution in [0, 0.1) is 0 Å². The van der Waals surface area contributed by atoms with Crippen LogP contribution in [0.2, 0.25) is 0 Å². The molecule has 0 fully saturated rings. The van der Waals surface area contributed by atoms with Gasteiger partial charge in [-0.25, -0.2) is 0 Å². The fourth-order valence-corrected chi connectivity index (χ4v) is 3.22. The second-order valence-corrected chi connectivity index (χ2v) is 6.68. The number of hydrogen-bond acceptors (Lipinski definition) is 4. The summed E-state index contributed by atoms with van der Waals surface area (Å²) < 4.78 is 5.13. The van der Waals surface area contributed by atoms with Crippen molar-refractivity contribution >= 4 is 34.0 Å². The predicted octanol–water partition coefficient (Wildman–Crippen LogP) is 3.65. The first-order chi connectivity index (χ1) is 12.1. The van der Waals surface area contributed by atoms with E-state index in [1.807, 2.05) is 59.3 Å². The first-order valence-electron chi connectivity index (χ1n) is 8.00. The lowest BCUT2D eigenvalue weighted by molar-refractivity contribution is -0.151. The minimum Gasteiger partial charge on any atom is -0.455 e. The number of likely N-dealkylation sites (N-methyl/N-ethyl adjacent to an activating group) is 1. The van der Waals surface area contributed by atoms with E-state index in [4.69, 9.17) is 4.74 Å². The van der Waals surface area contributed by atoms with Gasteiger partial charge in [-0.15, -0.1) is 0 Å². The maximum atomic E-state index is 12.1. The SMILES string of the molecule is CN(Cc1ccsc1)C(=O)COC(=O)Cc1ccc2ccccc2c1. The smallest absolute Gasteiger partial charge is 0.310 e. The van der Waals surface area contributed by atoms with Gasteiger partial charge in [0.05, 0.1) is 6.42 Å². The van der Waals surface area contributed by atoms with E-state index < -0.39 is 5.97 Å². The van der Waals surface area contributed by atoms with E-state index in [1.54, 1.807) is 23.3 Å². The number of benzene rings is 2. The van der Waals surface area contributed by atoms with Crippen LogP contribution in [-0.2, 0) is 27.3 Å². The van der Waals surface area contributed by atoms with Gasteiger partial charge in [0.15, 0.2) is 6.61 Å². The molecule has 0 spiro atoms. The van der Waals surface area contributed by atoms with Crippen molar-refractivity contribution in [1.82, 2.24) is 4.90 Å². The van der Waals surface area contributed by atoms with Gasteiger partial charge in [-0.3, -0.25) is 9.59 Å². The van der Waals surface area contributed by atoms with E-state index in [0.29, 0.717) is 6.54 Å². The Morgan fingerprint density at radius 2 is 1.84 bits per heavy atom. The molecule has 3 aromatic rings. The van der Waals surface area contributed by atoms with Gasteiger partial charge in [0, 0.05) is 13.6 Å². The van der Waals surface area contributed by atoms with Gasteiger partial charge in [0.1, 0.15) is 0 Å². The number of rotatable bonds is 6. The molecular formula is C20H19NO3S. The molecule has 0 atom stereocenters. The summed E-state index contributed by atoms with van der Waals surface area (Å²) in [6.45, 7) is 0.289. The van der Waals surface area contributed by atoms with Gasteiger partial charge in [-0.2, -0.15) is 11.3 Å². The number of nitrogens with zero attached hydrogens (tertiary/aromatic N) is 1. The van der Waals surface area contributed by atoms with E-state index >= 15 is 0 Å². The number of hydrogen-bond donors (Lipinski definition) is 0. The lowest BCUT2D eigenvalue weighted by Gasteiger charge is -2.16. The van der Waals surface area contributed by atoms with E-state index in [0.717, 1.165) is 21.9 Å². The molecule has 0 bridgehead atoms. The number of esters is 1. The molecule has 5 heteroatoms. The monoisotopic (exact) mass is 353 g/mol. The summed E-state index contributed by atoms with van der Waals surface area (Å²) in [5.74, 6) is -0.606. The minimum atomic E-state index is -0.396. The third-order valence-corrected chi connectivity index (χ3v) is 4.68. The van der Waals surface area contributed by atoms with Crippen LogP contribution in [0.25, 0.3) is 10.8 Å². The molecule has 1 heterocycles. The summed E-state index contributed by atoms with van der Waals surface area (Å²) in [5.41, 5.74) is 1.95. The third-order valence-electron chi connectivity index (χ3n) is 3.94. The van der Waals surface area contributed by atoms with Crippen LogP contribution in [0.5, 0.6) is 0 Å². The van der Waals surface area contributed by atoms with Crippen molar-refractivity contribution in [3.8, 4) is 0 Å². The first kappa shape index (κ1) is 17.2. The molecule has 128 valence electrons. The van der Waals surface area contributed by atoms with Crippen LogP contribution in [0.15, 0.2) is 59.3 Å². The molecule has 0 aliphatic carbocycles. The Kier molecular flexibility index (Phi) is 5.46. The molecule has 0 unspecified atom stereocenters. The number of ether oxygens (including phenoxy) is 1. The van der Waals surface area contributed by atoms with Crippen molar-refractivity contribution in [3.05, 3.63) is 70.4 Å².